The summed E-state index contributed by atoms with van der Waals surface area (Å²) in [6.07, 6.45) is 0.710. The predicted molar refractivity (Wildman–Crippen MR) is 53.6 cm³/mol. The highest BCUT2D eigenvalue weighted by Gasteiger charge is 1.72. The molecule has 0 fully saturated rings. The smallest absolute Gasteiger partial charge is 0.0442 e. The number of halogens is 1. The summed E-state index contributed by atoms with van der Waals surface area (Å²) in [7, 11) is 0. The maximum absolute atomic E-state index is 7.98. The fraction of sp³-hybridized carbons (Fsp3) is 0.400. The predicted octanol–water partition coefficient (Wildman–Crippen LogP) is 2.60. The summed E-state index contributed by atoms with van der Waals surface area (Å²) in [6, 6.07) is 10.3. The van der Waals surface area contributed by atoms with Gasteiger partial charge in [-0.3, -0.25) is 0 Å². The van der Waals surface area contributed by atoms with Gasteiger partial charge in [-0.2, -0.15) is 0 Å². The molecule has 1 rings (SSSR count). The van der Waals surface area contributed by atoms with Crippen LogP contribution >= 0.6 is 11.6 Å². The topological polar surface area (TPSA) is 20.2 Å². The molecule has 68 valence electrons. The molecule has 0 aliphatic heterocycles. The Bertz CT molecular complexity index is 172. The molecule has 0 aliphatic carbocycles. The number of hydrogen-bond donors (Lipinski definition) is 1. The van der Waals surface area contributed by atoms with Crippen molar-refractivity contribution in [1.29, 1.82) is 0 Å². The van der Waals surface area contributed by atoms with Gasteiger partial charge in [0.2, 0.25) is 0 Å². The van der Waals surface area contributed by atoms with Crippen LogP contribution in [-0.4, -0.2) is 17.6 Å². The maximum Gasteiger partial charge on any atom is 0.0442 e. The van der Waals surface area contributed by atoms with Gasteiger partial charge in [0, 0.05) is 12.5 Å². The third kappa shape index (κ3) is 7.58. The van der Waals surface area contributed by atoms with Crippen LogP contribution in [0, 0.1) is 6.92 Å². The highest BCUT2D eigenvalue weighted by atomic mass is 35.5. The summed E-state index contributed by atoms with van der Waals surface area (Å²) in [6.45, 7) is 2.30. The monoisotopic (exact) mass is 186 g/mol. The first-order chi connectivity index (χ1) is 5.81. The molecule has 2 heteroatoms. The molecular formula is C10H15ClO. The minimum Gasteiger partial charge on any atom is -0.396 e. The van der Waals surface area contributed by atoms with Crippen LogP contribution in [0.3, 0.4) is 0 Å². The van der Waals surface area contributed by atoms with E-state index >= 15 is 0 Å². The van der Waals surface area contributed by atoms with Crippen LogP contribution in [0.4, 0.5) is 0 Å². The van der Waals surface area contributed by atoms with Crippen LogP contribution in [0.5, 0.6) is 0 Å². The Hall–Kier alpha value is -0.530. The van der Waals surface area contributed by atoms with Crippen LogP contribution < -0.4 is 0 Å². The number of aliphatic hydroxyl groups excluding tert-OH is 1. The molecular weight excluding hydrogens is 172 g/mol. The largest absolute Gasteiger partial charge is 0.396 e. The molecule has 1 aromatic rings. The lowest BCUT2D eigenvalue weighted by Gasteiger charge is -1.82. The number of rotatable bonds is 2. The van der Waals surface area contributed by atoms with Crippen molar-refractivity contribution in [3.05, 3.63) is 35.9 Å². The lowest BCUT2D eigenvalue weighted by atomic mass is 10.2. The second-order valence-corrected chi connectivity index (χ2v) is 2.80. The second kappa shape index (κ2) is 8.57. The van der Waals surface area contributed by atoms with E-state index in [0.717, 1.165) is 0 Å². The molecule has 0 spiro atoms. The molecule has 1 nitrogen and oxygen atoms in total. The lowest BCUT2D eigenvalue weighted by Crippen LogP contribution is -1.79. The summed E-state index contributed by atoms with van der Waals surface area (Å²) >= 11 is 5.14. The van der Waals surface area contributed by atoms with Crippen molar-refractivity contribution in [2.24, 2.45) is 0 Å². The quantitative estimate of drug-likeness (QED) is 0.705. The average Bonchev–Trinajstić information content (AvgIpc) is 2.08. The molecule has 0 saturated carbocycles. The summed E-state index contributed by atoms with van der Waals surface area (Å²) in [4.78, 5) is 0. The van der Waals surface area contributed by atoms with E-state index in [1.54, 1.807) is 0 Å². The van der Waals surface area contributed by atoms with E-state index in [2.05, 4.69) is 19.1 Å². The first kappa shape index (κ1) is 11.5. The number of benzene rings is 1. The molecule has 0 saturated heterocycles. The van der Waals surface area contributed by atoms with Gasteiger partial charge in [-0.25, -0.2) is 0 Å². The lowest BCUT2D eigenvalue weighted by molar-refractivity contribution is 0.296. The van der Waals surface area contributed by atoms with E-state index in [0.29, 0.717) is 12.3 Å². The van der Waals surface area contributed by atoms with Gasteiger partial charge in [-0.05, 0) is 13.3 Å². The normalized spacial score (nSPS) is 8.58. The summed E-state index contributed by atoms with van der Waals surface area (Å²) in [5, 5.41) is 7.98. The van der Waals surface area contributed by atoms with Crippen LogP contribution in [0.2, 0.25) is 0 Å². The van der Waals surface area contributed by atoms with Crippen molar-refractivity contribution in [2.75, 3.05) is 12.5 Å². The minimum absolute atomic E-state index is 0.212. The van der Waals surface area contributed by atoms with Crippen molar-refractivity contribution in [3.8, 4) is 0 Å². The zero-order chi connectivity index (χ0) is 9.23. The van der Waals surface area contributed by atoms with Gasteiger partial charge in [0.15, 0.2) is 0 Å². The van der Waals surface area contributed by atoms with Crippen LogP contribution in [-0.2, 0) is 0 Å². The highest BCUT2D eigenvalue weighted by molar-refractivity contribution is 6.17. The van der Waals surface area contributed by atoms with Gasteiger partial charge in [0.05, 0.1) is 0 Å². The molecule has 0 aromatic heterocycles. The molecule has 0 heterocycles. The molecule has 0 amide bonds. The Labute approximate surface area is 79.0 Å². The number of alkyl halides is 1. The van der Waals surface area contributed by atoms with Gasteiger partial charge in [0.1, 0.15) is 0 Å². The van der Waals surface area contributed by atoms with E-state index in [-0.39, 0.29) is 6.61 Å². The van der Waals surface area contributed by atoms with Gasteiger partial charge in [-0.1, -0.05) is 35.9 Å². The second-order valence-electron chi connectivity index (χ2n) is 2.42. The van der Waals surface area contributed by atoms with E-state index in [1.165, 1.54) is 5.56 Å². The Kier molecular flexibility index (Phi) is 8.19. The summed E-state index contributed by atoms with van der Waals surface area (Å²) in [5.74, 6) is 0.566. The molecule has 0 unspecified atom stereocenters. The molecule has 1 aromatic carbocycles. The molecule has 12 heavy (non-hydrogen) atoms. The summed E-state index contributed by atoms with van der Waals surface area (Å²) < 4.78 is 0. The third-order valence-corrected chi connectivity index (χ3v) is 1.50. The summed E-state index contributed by atoms with van der Waals surface area (Å²) in [5.41, 5.74) is 1.32. The van der Waals surface area contributed by atoms with Gasteiger partial charge in [0.25, 0.3) is 0 Å². The van der Waals surface area contributed by atoms with E-state index in [9.17, 15) is 0 Å². The fourth-order valence-electron chi connectivity index (χ4n) is 0.594. The zero-order valence-corrected chi connectivity index (χ0v) is 8.09. The SMILES string of the molecule is Cc1ccccc1.OCCCCl. The third-order valence-electron chi connectivity index (χ3n) is 1.23. The zero-order valence-electron chi connectivity index (χ0n) is 7.33. The van der Waals surface area contributed by atoms with Crippen molar-refractivity contribution in [1.82, 2.24) is 0 Å². The van der Waals surface area contributed by atoms with Crippen molar-refractivity contribution >= 4 is 11.6 Å². The van der Waals surface area contributed by atoms with E-state index in [1.807, 2.05) is 18.2 Å². The van der Waals surface area contributed by atoms with E-state index in [4.69, 9.17) is 16.7 Å². The first-order valence-electron chi connectivity index (χ1n) is 3.99. The van der Waals surface area contributed by atoms with Crippen LogP contribution in [0.15, 0.2) is 30.3 Å². The number of aryl methyl sites for hydroxylation is 1. The average molecular weight is 187 g/mol. The Morgan fingerprint density at radius 1 is 1.25 bits per heavy atom. The molecule has 0 radical (unpaired) electrons. The molecule has 0 bridgehead atoms. The van der Waals surface area contributed by atoms with Gasteiger partial charge in [-0.15, -0.1) is 11.6 Å². The Balaban J connectivity index is 0.000000217. The Morgan fingerprint density at radius 3 is 2.00 bits per heavy atom. The van der Waals surface area contributed by atoms with E-state index < -0.39 is 0 Å². The molecule has 0 atom stereocenters. The molecule has 1 N–H and O–H groups in total. The van der Waals surface area contributed by atoms with Gasteiger partial charge >= 0.3 is 0 Å². The highest BCUT2D eigenvalue weighted by Crippen LogP contribution is 1.92. The standard InChI is InChI=1S/C7H8.C3H7ClO/c1-7-5-3-2-4-6-7;4-2-1-3-5/h2-6H,1H3;5H,1-3H2. The number of aliphatic hydroxyl groups is 1. The maximum atomic E-state index is 7.98. The first-order valence-corrected chi connectivity index (χ1v) is 4.53. The van der Waals surface area contributed by atoms with Crippen molar-refractivity contribution < 1.29 is 5.11 Å². The van der Waals surface area contributed by atoms with Crippen molar-refractivity contribution in [3.63, 3.8) is 0 Å². The molecule has 0 aliphatic rings. The Morgan fingerprint density at radius 2 is 1.83 bits per heavy atom. The minimum atomic E-state index is 0.212. The van der Waals surface area contributed by atoms with Gasteiger partial charge < -0.3 is 5.11 Å². The van der Waals surface area contributed by atoms with Crippen LogP contribution in [0.1, 0.15) is 12.0 Å². The number of hydrogen-bond acceptors (Lipinski definition) is 1. The fourth-order valence-corrected chi connectivity index (χ4v) is 0.714. The van der Waals surface area contributed by atoms with Crippen molar-refractivity contribution in [2.45, 2.75) is 13.3 Å². The van der Waals surface area contributed by atoms with Crippen LogP contribution in [0.25, 0.3) is 0 Å².